The summed E-state index contributed by atoms with van der Waals surface area (Å²) in [5.41, 5.74) is 3.07. The Bertz CT molecular complexity index is 810. The van der Waals surface area contributed by atoms with Crippen LogP contribution in [0.2, 0.25) is 0 Å². The van der Waals surface area contributed by atoms with Crippen LogP contribution in [-0.4, -0.2) is 39.7 Å². The van der Waals surface area contributed by atoms with Crippen molar-refractivity contribution in [3.63, 3.8) is 0 Å². The van der Waals surface area contributed by atoms with Crippen LogP contribution in [0.3, 0.4) is 0 Å². The van der Waals surface area contributed by atoms with E-state index in [0.29, 0.717) is 11.8 Å². The van der Waals surface area contributed by atoms with Gasteiger partial charge in [0.05, 0.1) is 23.9 Å². The van der Waals surface area contributed by atoms with E-state index in [1.165, 1.54) is 30.3 Å². The first kappa shape index (κ1) is 16.5. The number of H-pyrrole nitrogens is 1. The third-order valence-electron chi connectivity index (χ3n) is 4.76. The van der Waals surface area contributed by atoms with E-state index in [-0.39, 0.29) is 5.91 Å². The Morgan fingerprint density at radius 3 is 3.00 bits per heavy atom. The molecule has 2 aromatic rings. The van der Waals surface area contributed by atoms with Gasteiger partial charge in [-0.15, -0.1) is 0 Å². The van der Waals surface area contributed by atoms with Crippen molar-refractivity contribution < 1.29 is 9.53 Å². The van der Waals surface area contributed by atoms with E-state index >= 15 is 0 Å². The van der Waals surface area contributed by atoms with Gasteiger partial charge in [-0.2, -0.15) is 0 Å². The number of aromatic amines is 1. The number of ether oxygens (including phenoxy) is 1. The molecule has 0 unspecified atom stereocenters. The number of aromatic nitrogens is 2. The van der Waals surface area contributed by atoms with Gasteiger partial charge in [0.1, 0.15) is 5.75 Å². The molecule has 1 fully saturated rings. The van der Waals surface area contributed by atoms with E-state index in [2.05, 4.69) is 20.9 Å². The van der Waals surface area contributed by atoms with E-state index in [1.807, 2.05) is 18.2 Å². The number of rotatable bonds is 6. The minimum Gasteiger partial charge on any atom is -0.497 e. The summed E-state index contributed by atoms with van der Waals surface area (Å²) in [5, 5.41) is 0.782. The number of hydrogen-bond acceptors (Lipinski definition) is 4. The number of thioether (sulfide) groups is 1. The molecule has 5 nitrogen and oxygen atoms in total. The van der Waals surface area contributed by atoms with E-state index < -0.39 is 0 Å². The average Bonchev–Trinajstić information content (AvgIpc) is 3.38. The van der Waals surface area contributed by atoms with Gasteiger partial charge in [-0.05, 0) is 50.7 Å². The summed E-state index contributed by atoms with van der Waals surface area (Å²) in [6.45, 7) is 0. The lowest BCUT2D eigenvalue weighted by atomic mass is 10.0. The van der Waals surface area contributed by atoms with Crippen LogP contribution in [-0.2, 0) is 4.79 Å². The lowest BCUT2D eigenvalue weighted by Crippen LogP contribution is -2.34. The van der Waals surface area contributed by atoms with Crippen molar-refractivity contribution in [2.75, 3.05) is 12.9 Å². The van der Waals surface area contributed by atoms with Gasteiger partial charge in [-0.3, -0.25) is 4.79 Å². The Labute approximate surface area is 151 Å². The summed E-state index contributed by atoms with van der Waals surface area (Å²) in [5.74, 6) is 1.43. The third-order valence-corrected chi connectivity index (χ3v) is 5.61. The second-order valence-corrected chi connectivity index (χ2v) is 7.61. The number of allylic oxidation sites excluding steroid dienone is 2. The number of carbonyl (C=O) groups excluding carboxylic acids is 1. The number of nitrogens with zero attached hydrogens (tertiary/aromatic N) is 2. The summed E-state index contributed by atoms with van der Waals surface area (Å²) in [6.07, 6.45) is 9.12. The Kier molecular flexibility index (Phi) is 4.70. The van der Waals surface area contributed by atoms with Crippen LogP contribution in [0.25, 0.3) is 11.0 Å². The fraction of sp³-hybridized carbons (Fsp3) is 0.474. The van der Waals surface area contributed by atoms with E-state index in [4.69, 9.17) is 4.74 Å². The number of benzene rings is 1. The summed E-state index contributed by atoms with van der Waals surface area (Å²) in [7, 11) is 1.65. The van der Waals surface area contributed by atoms with Crippen LogP contribution in [0.15, 0.2) is 35.1 Å². The van der Waals surface area contributed by atoms with Gasteiger partial charge in [-0.25, -0.2) is 4.98 Å². The number of amides is 1. The van der Waals surface area contributed by atoms with Crippen molar-refractivity contribution in [2.45, 2.75) is 49.7 Å². The molecular weight excluding hydrogens is 334 g/mol. The molecule has 2 aliphatic carbocycles. The summed E-state index contributed by atoms with van der Waals surface area (Å²) in [6, 6.07) is 6.18. The second kappa shape index (κ2) is 7.12. The van der Waals surface area contributed by atoms with Gasteiger partial charge < -0.3 is 14.6 Å². The zero-order chi connectivity index (χ0) is 17.2. The van der Waals surface area contributed by atoms with Gasteiger partial charge >= 0.3 is 0 Å². The average molecular weight is 357 g/mol. The standard InChI is InChI=1S/C19H23N3O2S/c1-24-15-9-10-16-17(11-15)21-19(20-16)25-12-18(23)22(14-7-8-14)13-5-3-2-4-6-13/h5,9-11,14H,2-4,6-8,12H2,1H3,(H,20,21). The first-order valence-electron chi connectivity index (χ1n) is 8.92. The lowest BCUT2D eigenvalue weighted by Gasteiger charge is -2.27. The first-order chi connectivity index (χ1) is 12.2. The van der Waals surface area contributed by atoms with Gasteiger partial charge in [-0.1, -0.05) is 17.8 Å². The quantitative estimate of drug-likeness (QED) is 0.791. The molecule has 4 rings (SSSR count). The largest absolute Gasteiger partial charge is 0.497 e. The smallest absolute Gasteiger partial charge is 0.237 e. The Balaban J connectivity index is 1.44. The highest BCUT2D eigenvalue weighted by molar-refractivity contribution is 7.99. The molecule has 0 saturated heterocycles. The molecule has 0 spiro atoms. The summed E-state index contributed by atoms with van der Waals surface area (Å²) in [4.78, 5) is 22.7. The van der Waals surface area contributed by atoms with Crippen LogP contribution >= 0.6 is 11.8 Å². The molecule has 0 aliphatic heterocycles. The number of methoxy groups -OCH3 is 1. The molecule has 2 aliphatic rings. The van der Waals surface area contributed by atoms with Crippen molar-refractivity contribution in [2.24, 2.45) is 0 Å². The zero-order valence-corrected chi connectivity index (χ0v) is 15.3. The SMILES string of the molecule is COc1ccc2nc(SCC(=O)N(C3=CCCCC3)C3CC3)[nH]c2c1. The van der Waals surface area contributed by atoms with Gasteiger partial charge in [0.25, 0.3) is 0 Å². The number of carbonyl (C=O) groups is 1. The molecule has 0 atom stereocenters. The van der Waals surface area contributed by atoms with Crippen molar-refractivity contribution in [1.29, 1.82) is 0 Å². The number of nitrogens with one attached hydrogen (secondary N) is 1. The first-order valence-corrected chi connectivity index (χ1v) is 9.91. The maximum absolute atomic E-state index is 12.8. The Hall–Kier alpha value is -1.95. The molecular formula is C19H23N3O2S. The number of imidazole rings is 1. The second-order valence-electron chi connectivity index (χ2n) is 6.65. The van der Waals surface area contributed by atoms with Gasteiger partial charge in [0, 0.05) is 17.8 Å². The van der Waals surface area contributed by atoms with E-state index in [1.54, 1.807) is 7.11 Å². The van der Waals surface area contributed by atoms with Gasteiger partial charge in [0.2, 0.25) is 5.91 Å². The highest BCUT2D eigenvalue weighted by Crippen LogP contribution is 2.34. The predicted molar refractivity (Wildman–Crippen MR) is 99.8 cm³/mol. The minimum atomic E-state index is 0.207. The predicted octanol–water partition coefficient (Wildman–Crippen LogP) is 4.11. The molecule has 1 amide bonds. The van der Waals surface area contributed by atoms with Crippen LogP contribution in [0.1, 0.15) is 38.5 Å². The Morgan fingerprint density at radius 1 is 1.40 bits per heavy atom. The number of fused-ring (bicyclic) bond motifs is 1. The maximum Gasteiger partial charge on any atom is 0.237 e. The molecule has 1 saturated carbocycles. The fourth-order valence-corrected chi connectivity index (χ4v) is 4.08. The lowest BCUT2D eigenvalue weighted by molar-refractivity contribution is -0.127. The molecule has 1 N–H and O–H groups in total. The van der Waals surface area contributed by atoms with Crippen LogP contribution < -0.4 is 4.74 Å². The molecule has 25 heavy (non-hydrogen) atoms. The van der Waals surface area contributed by atoms with Crippen LogP contribution in [0.4, 0.5) is 0 Å². The topological polar surface area (TPSA) is 58.2 Å². The van der Waals surface area contributed by atoms with E-state index in [9.17, 15) is 4.79 Å². The van der Waals surface area contributed by atoms with Gasteiger partial charge in [0.15, 0.2) is 5.16 Å². The summed E-state index contributed by atoms with van der Waals surface area (Å²) >= 11 is 1.48. The van der Waals surface area contributed by atoms with Crippen molar-refractivity contribution in [3.05, 3.63) is 30.0 Å². The van der Waals surface area contributed by atoms with Crippen LogP contribution in [0.5, 0.6) is 5.75 Å². The summed E-state index contributed by atoms with van der Waals surface area (Å²) < 4.78 is 5.24. The highest BCUT2D eigenvalue weighted by Gasteiger charge is 2.34. The fourth-order valence-electron chi connectivity index (χ4n) is 3.33. The molecule has 1 aromatic heterocycles. The van der Waals surface area contributed by atoms with Crippen molar-refractivity contribution >= 4 is 28.7 Å². The molecule has 0 bridgehead atoms. The van der Waals surface area contributed by atoms with E-state index in [0.717, 1.165) is 47.6 Å². The zero-order valence-electron chi connectivity index (χ0n) is 14.5. The normalized spacial score (nSPS) is 17.4. The van der Waals surface area contributed by atoms with Crippen molar-refractivity contribution in [3.8, 4) is 5.75 Å². The van der Waals surface area contributed by atoms with Crippen molar-refractivity contribution in [1.82, 2.24) is 14.9 Å². The number of hydrogen-bond donors (Lipinski definition) is 1. The van der Waals surface area contributed by atoms with Crippen LogP contribution in [0, 0.1) is 0 Å². The monoisotopic (exact) mass is 357 g/mol. The highest BCUT2D eigenvalue weighted by atomic mass is 32.2. The maximum atomic E-state index is 12.8. The molecule has 6 heteroatoms. The Morgan fingerprint density at radius 2 is 2.28 bits per heavy atom. The molecule has 132 valence electrons. The molecule has 0 radical (unpaired) electrons. The molecule has 1 heterocycles. The third kappa shape index (κ3) is 3.68. The minimum absolute atomic E-state index is 0.207. The molecule has 1 aromatic carbocycles.